The second-order valence-corrected chi connectivity index (χ2v) is 4.88. The van der Waals surface area contributed by atoms with Crippen LogP contribution in [-0.2, 0) is 16.1 Å². The number of nitrogens with zero attached hydrogens (tertiary/aromatic N) is 2. The molecule has 1 aliphatic heterocycles. The highest BCUT2D eigenvalue weighted by molar-refractivity contribution is 6.21. The summed E-state index contributed by atoms with van der Waals surface area (Å²) in [6.45, 7) is 0.403. The molecule has 2 atom stereocenters. The van der Waals surface area contributed by atoms with Gasteiger partial charge >= 0.3 is 0 Å². The zero-order chi connectivity index (χ0) is 12.7. The Labute approximate surface area is 105 Å². The molecule has 0 radical (unpaired) electrons. The lowest BCUT2D eigenvalue weighted by Gasteiger charge is -2.14. The lowest BCUT2D eigenvalue weighted by Crippen LogP contribution is -2.32. The molecule has 2 heterocycles. The Hall–Kier alpha value is -1.75. The van der Waals surface area contributed by atoms with Crippen LogP contribution in [-0.4, -0.2) is 16.8 Å². The summed E-state index contributed by atoms with van der Waals surface area (Å²) in [5, 5.41) is 0. The molecule has 2 aliphatic rings. The van der Waals surface area contributed by atoms with Crippen LogP contribution in [0.5, 0.6) is 0 Å². The van der Waals surface area contributed by atoms with Crippen LogP contribution in [0.15, 0.2) is 18.3 Å². The van der Waals surface area contributed by atoms with Gasteiger partial charge in [0.25, 0.3) is 0 Å². The summed E-state index contributed by atoms with van der Waals surface area (Å²) in [6, 6.07) is 3.50. The predicted octanol–water partition coefficient (Wildman–Crippen LogP) is 0.830. The molecule has 1 saturated heterocycles. The van der Waals surface area contributed by atoms with Crippen LogP contribution in [0.3, 0.4) is 0 Å². The Balaban J connectivity index is 1.92. The zero-order valence-corrected chi connectivity index (χ0v) is 10.0. The van der Waals surface area contributed by atoms with E-state index in [-0.39, 0.29) is 23.7 Å². The summed E-state index contributed by atoms with van der Waals surface area (Å²) in [5.41, 5.74) is 6.38. The van der Waals surface area contributed by atoms with Gasteiger partial charge in [-0.15, -0.1) is 0 Å². The van der Waals surface area contributed by atoms with Crippen molar-refractivity contribution in [1.82, 2.24) is 4.98 Å². The Bertz CT molecular complexity index is 475. The van der Waals surface area contributed by atoms with Crippen LogP contribution in [0.1, 0.15) is 24.8 Å². The Morgan fingerprint density at radius 3 is 2.39 bits per heavy atom. The minimum atomic E-state index is -0.117. The van der Waals surface area contributed by atoms with E-state index in [1.165, 1.54) is 4.90 Å². The average molecular weight is 245 g/mol. The number of hydrogen-bond donors (Lipinski definition) is 1. The van der Waals surface area contributed by atoms with E-state index in [1.54, 1.807) is 18.3 Å². The zero-order valence-electron chi connectivity index (χ0n) is 10.0. The fraction of sp³-hybridized carbons (Fsp3) is 0.462. The molecule has 2 fully saturated rings. The van der Waals surface area contributed by atoms with E-state index in [0.717, 1.165) is 24.8 Å². The Kier molecular flexibility index (Phi) is 2.63. The minimum Gasteiger partial charge on any atom is -0.326 e. The third-order valence-electron chi connectivity index (χ3n) is 3.87. The molecule has 2 amide bonds. The number of fused-ring (bicyclic) bond motifs is 1. The van der Waals surface area contributed by atoms with Gasteiger partial charge in [-0.25, -0.2) is 9.88 Å². The maximum absolute atomic E-state index is 12.2. The molecule has 1 aliphatic carbocycles. The molecule has 2 N–H and O–H groups in total. The summed E-state index contributed by atoms with van der Waals surface area (Å²) in [6.07, 6.45) is 4.24. The number of imide groups is 1. The predicted molar refractivity (Wildman–Crippen MR) is 65.5 cm³/mol. The van der Waals surface area contributed by atoms with Crippen LogP contribution in [0.2, 0.25) is 0 Å². The molecular weight excluding hydrogens is 230 g/mol. The second-order valence-electron chi connectivity index (χ2n) is 4.88. The van der Waals surface area contributed by atoms with Crippen molar-refractivity contribution < 1.29 is 9.59 Å². The lowest BCUT2D eigenvalue weighted by atomic mass is 10.00. The lowest BCUT2D eigenvalue weighted by molar-refractivity contribution is -0.122. The summed E-state index contributed by atoms with van der Waals surface area (Å²) in [5.74, 6) is 0.0181. The van der Waals surface area contributed by atoms with Crippen molar-refractivity contribution in [1.29, 1.82) is 0 Å². The van der Waals surface area contributed by atoms with E-state index in [0.29, 0.717) is 12.4 Å². The molecule has 5 nitrogen and oxygen atoms in total. The van der Waals surface area contributed by atoms with Crippen molar-refractivity contribution in [2.75, 3.05) is 4.90 Å². The number of hydrogen-bond acceptors (Lipinski definition) is 4. The molecule has 18 heavy (non-hydrogen) atoms. The molecule has 2 unspecified atom stereocenters. The van der Waals surface area contributed by atoms with Gasteiger partial charge in [0.2, 0.25) is 11.8 Å². The number of carbonyl (C=O) groups is 2. The molecular formula is C13H15N3O2. The molecule has 1 saturated carbocycles. The summed E-state index contributed by atoms with van der Waals surface area (Å²) in [7, 11) is 0. The molecule has 0 bridgehead atoms. The first kappa shape index (κ1) is 11.3. The highest BCUT2D eigenvalue weighted by atomic mass is 16.2. The molecule has 1 aromatic rings. The van der Waals surface area contributed by atoms with Gasteiger partial charge in [0.05, 0.1) is 11.8 Å². The van der Waals surface area contributed by atoms with Crippen LogP contribution >= 0.6 is 0 Å². The molecule has 1 aromatic heterocycles. The van der Waals surface area contributed by atoms with Crippen molar-refractivity contribution in [2.24, 2.45) is 17.6 Å². The number of carbonyl (C=O) groups excluding carboxylic acids is 2. The highest BCUT2D eigenvalue weighted by Crippen LogP contribution is 2.40. The van der Waals surface area contributed by atoms with Crippen molar-refractivity contribution in [3.05, 3.63) is 23.9 Å². The topological polar surface area (TPSA) is 76.3 Å². The smallest absolute Gasteiger partial charge is 0.238 e. The second kappa shape index (κ2) is 4.17. The van der Waals surface area contributed by atoms with Gasteiger partial charge in [-0.1, -0.05) is 12.5 Å². The molecule has 0 aromatic carbocycles. The van der Waals surface area contributed by atoms with E-state index in [2.05, 4.69) is 4.98 Å². The molecule has 5 heteroatoms. The van der Waals surface area contributed by atoms with E-state index >= 15 is 0 Å². The average Bonchev–Trinajstić information content (AvgIpc) is 2.95. The van der Waals surface area contributed by atoms with Gasteiger partial charge in [-0.2, -0.15) is 0 Å². The normalized spacial score (nSPS) is 26.8. The fourth-order valence-electron chi connectivity index (χ4n) is 2.89. The van der Waals surface area contributed by atoms with Crippen LogP contribution < -0.4 is 10.6 Å². The number of pyridine rings is 1. The van der Waals surface area contributed by atoms with Gasteiger partial charge in [0, 0.05) is 12.7 Å². The van der Waals surface area contributed by atoms with Crippen molar-refractivity contribution in [2.45, 2.75) is 25.8 Å². The molecule has 94 valence electrons. The van der Waals surface area contributed by atoms with E-state index < -0.39 is 0 Å². The maximum atomic E-state index is 12.2. The number of anilines is 1. The van der Waals surface area contributed by atoms with E-state index in [4.69, 9.17) is 5.73 Å². The summed E-state index contributed by atoms with van der Waals surface area (Å²) in [4.78, 5) is 29.8. The monoisotopic (exact) mass is 245 g/mol. The number of rotatable bonds is 2. The van der Waals surface area contributed by atoms with Gasteiger partial charge in [0.15, 0.2) is 0 Å². The van der Waals surface area contributed by atoms with Crippen LogP contribution in [0.4, 0.5) is 5.82 Å². The first-order valence-corrected chi connectivity index (χ1v) is 6.25. The van der Waals surface area contributed by atoms with Crippen LogP contribution in [0.25, 0.3) is 0 Å². The van der Waals surface area contributed by atoms with Gasteiger partial charge < -0.3 is 5.73 Å². The van der Waals surface area contributed by atoms with Gasteiger partial charge in [0.1, 0.15) is 5.82 Å². The largest absolute Gasteiger partial charge is 0.326 e. The highest BCUT2D eigenvalue weighted by Gasteiger charge is 2.50. The molecule has 0 spiro atoms. The number of aromatic nitrogens is 1. The molecule has 3 rings (SSSR count). The number of amides is 2. The van der Waals surface area contributed by atoms with Crippen LogP contribution in [0, 0.1) is 11.8 Å². The van der Waals surface area contributed by atoms with Crippen molar-refractivity contribution >= 4 is 17.6 Å². The third-order valence-corrected chi connectivity index (χ3v) is 3.87. The maximum Gasteiger partial charge on any atom is 0.238 e. The van der Waals surface area contributed by atoms with Gasteiger partial charge in [-0.05, 0) is 24.5 Å². The van der Waals surface area contributed by atoms with Gasteiger partial charge in [-0.3, -0.25) is 9.59 Å². The summed E-state index contributed by atoms with van der Waals surface area (Å²) >= 11 is 0. The first-order valence-electron chi connectivity index (χ1n) is 6.25. The van der Waals surface area contributed by atoms with Crippen molar-refractivity contribution in [3.63, 3.8) is 0 Å². The quantitative estimate of drug-likeness (QED) is 0.783. The van der Waals surface area contributed by atoms with E-state index in [9.17, 15) is 9.59 Å². The SMILES string of the molecule is NCc1ccc(N2C(=O)C3CCCC3C2=O)nc1. The standard InChI is InChI=1S/C13H15N3O2/c14-6-8-4-5-11(15-7-8)16-12(17)9-2-1-3-10(9)13(16)18/h4-5,7,9-10H,1-3,6,14H2. The fourth-order valence-corrected chi connectivity index (χ4v) is 2.89. The minimum absolute atomic E-state index is 0.0875. The number of nitrogens with two attached hydrogens (primary N) is 1. The van der Waals surface area contributed by atoms with Crippen molar-refractivity contribution in [3.8, 4) is 0 Å². The summed E-state index contributed by atoms with van der Waals surface area (Å²) < 4.78 is 0. The Morgan fingerprint density at radius 2 is 1.89 bits per heavy atom. The van der Waals surface area contributed by atoms with E-state index in [1.807, 2.05) is 0 Å². The first-order chi connectivity index (χ1) is 8.72. The third kappa shape index (κ3) is 1.54. The Morgan fingerprint density at radius 1 is 1.22 bits per heavy atom.